The lowest BCUT2D eigenvalue weighted by Gasteiger charge is -2.09. The third-order valence-electron chi connectivity index (χ3n) is 3.86. The summed E-state index contributed by atoms with van der Waals surface area (Å²) in [6, 6.07) is 7.40. The summed E-state index contributed by atoms with van der Waals surface area (Å²) in [5.41, 5.74) is 0.930. The van der Waals surface area contributed by atoms with Gasteiger partial charge >= 0.3 is 0 Å². The van der Waals surface area contributed by atoms with Crippen molar-refractivity contribution in [1.82, 2.24) is 9.55 Å². The topological polar surface area (TPSA) is 101 Å². The van der Waals surface area contributed by atoms with Crippen LogP contribution in [-0.4, -0.2) is 28.0 Å². The van der Waals surface area contributed by atoms with Gasteiger partial charge in [0.05, 0.1) is 22.9 Å². The number of rotatable bonds is 3. The summed E-state index contributed by atoms with van der Waals surface area (Å²) in [7, 11) is 3.00. The lowest BCUT2D eigenvalue weighted by molar-refractivity contribution is 0.415. The Balaban J connectivity index is 2.07. The molecule has 0 saturated heterocycles. The van der Waals surface area contributed by atoms with Crippen molar-refractivity contribution in [2.45, 2.75) is 6.92 Å². The largest absolute Gasteiger partial charge is 0.497 e. The molecule has 0 aliphatic carbocycles. The summed E-state index contributed by atoms with van der Waals surface area (Å²) in [5, 5.41) is 19.8. The molecule has 7 nitrogen and oxygen atoms in total. The number of thiazole rings is 1. The molecule has 0 bridgehead atoms. The molecule has 3 rings (SSSR count). The van der Waals surface area contributed by atoms with Gasteiger partial charge in [0, 0.05) is 13.3 Å². The standard InChI is InChI=1S/C17H14N4O3S/c1-9-11(7-18)15(22)21(2)16(23)12(9)8-19-17-20-13-5-4-10(24-3)6-14(13)25-17/h4-6,8,23H,1-3H3. The highest BCUT2D eigenvalue weighted by molar-refractivity contribution is 7.22. The van der Waals surface area contributed by atoms with Crippen LogP contribution in [0.4, 0.5) is 5.13 Å². The highest BCUT2D eigenvalue weighted by Crippen LogP contribution is 2.31. The molecule has 0 atom stereocenters. The molecular weight excluding hydrogens is 340 g/mol. The van der Waals surface area contributed by atoms with Gasteiger partial charge in [0.1, 0.15) is 17.4 Å². The first-order valence-electron chi connectivity index (χ1n) is 7.27. The van der Waals surface area contributed by atoms with Crippen LogP contribution in [0.1, 0.15) is 16.7 Å². The molecule has 2 heterocycles. The van der Waals surface area contributed by atoms with Crippen molar-refractivity contribution in [3.8, 4) is 17.7 Å². The van der Waals surface area contributed by atoms with E-state index < -0.39 is 5.56 Å². The van der Waals surface area contributed by atoms with Crippen molar-refractivity contribution in [2.24, 2.45) is 12.0 Å². The van der Waals surface area contributed by atoms with Crippen LogP contribution in [0.25, 0.3) is 10.2 Å². The lowest BCUT2D eigenvalue weighted by atomic mass is 10.1. The van der Waals surface area contributed by atoms with Gasteiger partial charge in [0.25, 0.3) is 5.56 Å². The highest BCUT2D eigenvalue weighted by Gasteiger charge is 2.15. The number of aliphatic imine (C=N–C) groups is 1. The number of methoxy groups -OCH3 is 1. The molecule has 0 unspecified atom stereocenters. The number of aromatic nitrogens is 2. The van der Waals surface area contributed by atoms with E-state index in [9.17, 15) is 9.90 Å². The van der Waals surface area contributed by atoms with E-state index in [1.54, 1.807) is 14.0 Å². The first-order valence-corrected chi connectivity index (χ1v) is 8.09. The van der Waals surface area contributed by atoms with Crippen molar-refractivity contribution in [3.63, 3.8) is 0 Å². The second-order valence-electron chi connectivity index (χ2n) is 5.30. The molecule has 0 aliphatic heterocycles. The quantitative estimate of drug-likeness (QED) is 0.729. The fourth-order valence-corrected chi connectivity index (χ4v) is 3.23. The summed E-state index contributed by atoms with van der Waals surface area (Å²) in [6.45, 7) is 1.60. The van der Waals surface area contributed by atoms with Gasteiger partial charge in [-0.3, -0.25) is 9.36 Å². The Morgan fingerprint density at radius 3 is 2.92 bits per heavy atom. The molecule has 0 spiro atoms. The number of nitrogens with zero attached hydrogens (tertiary/aromatic N) is 4. The zero-order valence-corrected chi connectivity index (χ0v) is 14.6. The van der Waals surface area contributed by atoms with Crippen LogP contribution in [0.15, 0.2) is 28.0 Å². The fourth-order valence-electron chi connectivity index (χ4n) is 2.39. The molecular formula is C17H14N4O3S. The van der Waals surface area contributed by atoms with Crippen molar-refractivity contribution in [2.75, 3.05) is 7.11 Å². The van der Waals surface area contributed by atoms with Crippen LogP contribution in [0, 0.1) is 18.3 Å². The third kappa shape index (κ3) is 2.86. The maximum atomic E-state index is 12.0. The number of hydrogen-bond donors (Lipinski definition) is 1. The number of fused-ring (bicyclic) bond motifs is 1. The van der Waals surface area contributed by atoms with Gasteiger partial charge < -0.3 is 9.84 Å². The van der Waals surface area contributed by atoms with E-state index in [2.05, 4.69) is 9.98 Å². The van der Waals surface area contributed by atoms with Crippen molar-refractivity contribution in [3.05, 3.63) is 45.2 Å². The highest BCUT2D eigenvalue weighted by atomic mass is 32.1. The summed E-state index contributed by atoms with van der Waals surface area (Å²) in [6.07, 6.45) is 1.42. The smallest absolute Gasteiger partial charge is 0.271 e. The van der Waals surface area contributed by atoms with E-state index in [-0.39, 0.29) is 11.4 Å². The number of pyridine rings is 1. The molecule has 3 aromatic rings. The molecule has 2 aromatic heterocycles. The van der Waals surface area contributed by atoms with Gasteiger partial charge in [-0.25, -0.2) is 9.98 Å². The Bertz CT molecular complexity index is 1110. The van der Waals surface area contributed by atoms with Crippen molar-refractivity contribution in [1.29, 1.82) is 5.26 Å². The fraction of sp³-hybridized carbons (Fsp3) is 0.176. The maximum absolute atomic E-state index is 12.0. The Kier molecular flexibility index (Phi) is 4.25. The summed E-state index contributed by atoms with van der Waals surface area (Å²) in [4.78, 5) is 20.6. The second-order valence-corrected chi connectivity index (χ2v) is 6.31. The first kappa shape index (κ1) is 16.7. The van der Waals surface area contributed by atoms with E-state index in [1.165, 1.54) is 24.6 Å². The molecule has 0 amide bonds. The molecule has 1 N–H and O–H groups in total. The van der Waals surface area contributed by atoms with Crippen molar-refractivity contribution < 1.29 is 9.84 Å². The molecule has 0 fully saturated rings. The van der Waals surface area contributed by atoms with Crippen LogP contribution in [0.2, 0.25) is 0 Å². The molecule has 0 aliphatic rings. The summed E-state index contributed by atoms with van der Waals surface area (Å²) < 4.78 is 7.13. The molecule has 1 aromatic carbocycles. The van der Waals surface area contributed by atoms with Crippen LogP contribution < -0.4 is 10.3 Å². The van der Waals surface area contributed by atoms with Crippen molar-refractivity contribution >= 4 is 32.9 Å². The molecule has 0 saturated carbocycles. The average Bonchev–Trinajstić information content (AvgIpc) is 3.02. The van der Waals surface area contributed by atoms with Crippen LogP contribution in [-0.2, 0) is 7.05 Å². The zero-order valence-electron chi connectivity index (χ0n) is 13.8. The van der Waals surface area contributed by atoms with Gasteiger partial charge in [-0.05, 0) is 30.7 Å². The van der Waals surface area contributed by atoms with Crippen LogP contribution in [0.5, 0.6) is 11.6 Å². The van der Waals surface area contributed by atoms with Crippen LogP contribution in [0.3, 0.4) is 0 Å². The number of nitriles is 1. The number of hydrogen-bond acceptors (Lipinski definition) is 7. The van der Waals surface area contributed by atoms with Gasteiger partial charge in [0.15, 0.2) is 0 Å². The maximum Gasteiger partial charge on any atom is 0.271 e. The molecule has 126 valence electrons. The van der Waals surface area contributed by atoms with Gasteiger partial charge in [-0.1, -0.05) is 11.3 Å². The SMILES string of the molecule is COc1ccc2nc(N=Cc3c(C)c(C#N)c(=O)n(C)c3O)sc2c1. The summed E-state index contributed by atoms with van der Waals surface area (Å²) in [5.74, 6) is 0.491. The number of aromatic hydroxyl groups is 1. The Morgan fingerprint density at radius 1 is 1.48 bits per heavy atom. The summed E-state index contributed by atoms with van der Waals surface area (Å²) >= 11 is 1.37. The molecule has 8 heteroatoms. The van der Waals surface area contributed by atoms with E-state index in [4.69, 9.17) is 10.00 Å². The normalized spacial score (nSPS) is 11.1. The average molecular weight is 354 g/mol. The third-order valence-corrected chi connectivity index (χ3v) is 4.78. The Labute approximate surface area is 147 Å². The predicted molar refractivity (Wildman–Crippen MR) is 96.2 cm³/mol. The predicted octanol–water partition coefficient (Wildman–Crippen LogP) is 2.64. The minimum absolute atomic E-state index is 0.0178. The van der Waals surface area contributed by atoms with E-state index in [0.29, 0.717) is 16.3 Å². The molecule has 25 heavy (non-hydrogen) atoms. The Hall–Kier alpha value is -3.18. The second kappa shape index (κ2) is 6.37. The lowest BCUT2D eigenvalue weighted by Crippen LogP contribution is -2.22. The number of benzene rings is 1. The van der Waals surface area contributed by atoms with Gasteiger partial charge in [-0.15, -0.1) is 0 Å². The van der Waals surface area contributed by atoms with E-state index in [0.717, 1.165) is 20.5 Å². The minimum atomic E-state index is -0.540. The first-order chi connectivity index (χ1) is 12.0. The number of ether oxygens (including phenoxy) is 1. The van der Waals surface area contributed by atoms with Gasteiger partial charge in [0.2, 0.25) is 11.0 Å². The van der Waals surface area contributed by atoms with Gasteiger partial charge in [-0.2, -0.15) is 5.26 Å². The van der Waals surface area contributed by atoms with Crippen LogP contribution >= 0.6 is 11.3 Å². The molecule has 0 radical (unpaired) electrons. The van der Waals surface area contributed by atoms with E-state index in [1.807, 2.05) is 24.3 Å². The zero-order chi connectivity index (χ0) is 18.1. The Morgan fingerprint density at radius 2 is 2.24 bits per heavy atom. The monoisotopic (exact) mass is 354 g/mol. The minimum Gasteiger partial charge on any atom is -0.497 e. The van der Waals surface area contributed by atoms with E-state index >= 15 is 0 Å².